The number of nitro groups is 1. The Kier molecular flexibility index (Phi) is 6.54. The Morgan fingerprint density at radius 2 is 1.73 bits per heavy atom. The summed E-state index contributed by atoms with van der Waals surface area (Å²) in [6, 6.07) is 16.9. The van der Waals surface area contributed by atoms with E-state index >= 15 is 0 Å². The molecule has 3 aromatic rings. The van der Waals surface area contributed by atoms with Crippen LogP contribution in [0, 0.1) is 10.1 Å². The predicted molar refractivity (Wildman–Crippen MR) is 113 cm³/mol. The van der Waals surface area contributed by atoms with E-state index in [0.29, 0.717) is 17.1 Å². The molecule has 1 heterocycles. The van der Waals surface area contributed by atoms with Gasteiger partial charge in [-0.3, -0.25) is 14.9 Å². The van der Waals surface area contributed by atoms with Crippen LogP contribution in [-0.4, -0.2) is 24.9 Å². The topological polar surface area (TPSA) is 82.5 Å². The van der Waals surface area contributed by atoms with Crippen LogP contribution in [0.1, 0.15) is 21.6 Å². The summed E-state index contributed by atoms with van der Waals surface area (Å²) in [5.74, 6) is 1.15. The van der Waals surface area contributed by atoms with E-state index in [1.165, 1.54) is 24.3 Å². The van der Waals surface area contributed by atoms with E-state index in [9.17, 15) is 14.9 Å². The lowest BCUT2D eigenvalue weighted by Gasteiger charge is -2.07. The second-order valence-electron chi connectivity index (χ2n) is 6.43. The van der Waals surface area contributed by atoms with Crippen LogP contribution >= 0.6 is 0 Å². The first kappa shape index (κ1) is 20.7. The van der Waals surface area contributed by atoms with Gasteiger partial charge < -0.3 is 9.47 Å². The molecule has 0 saturated heterocycles. The molecule has 7 nitrogen and oxygen atoms in total. The summed E-state index contributed by atoms with van der Waals surface area (Å²) in [6.07, 6.45) is 5.64. The van der Waals surface area contributed by atoms with E-state index in [1.807, 2.05) is 59.3 Å². The van der Waals surface area contributed by atoms with Gasteiger partial charge in [0.15, 0.2) is 17.7 Å². The van der Waals surface area contributed by atoms with Crippen LogP contribution < -0.4 is 14.0 Å². The van der Waals surface area contributed by atoms with Crippen molar-refractivity contribution in [1.82, 2.24) is 0 Å². The van der Waals surface area contributed by atoms with Crippen LogP contribution in [0.4, 0.5) is 5.69 Å². The number of methoxy groups -OCH3 is 2. The molecule has 0 aliphatic rings. The third kappa shape index (κ3) is 4.88. The number of benzene rings is 2. The Balaban J connectivity index is 1.80. The summed E-state index contributed by atoms with van der Waals surface area (Å²) in [6.45, 7) is 0.115. The molecule has 2 aromatic carbocycles. The Bertz CT molecular complexity index is 1090. The largest absolute Gasteiger partial charge is 0.493 e. The maximum Gasteiger partial charge on any atom is 0.269 e. The second kappa shape index (κ2) is 9.47. The Morgan fingerprint density at radius 1 is 1.00 bits per heavy atom. The number of pyridine rings is 1. The minimum atomic E-state index is -0.489. The average Bonchev–Trinajstić information content (AvgIpc) is 2.78. The van der Waals surface area contributed by atoms with Gasteiger partial charge in [0.05, 0.1) is 19.1 Å². The summed E-state index contributed by atoms with van der Waals surface area (Å²) < 4.78 is 12.4. The van der Waals surface area contributed by atoms with Gasteiger partial charge in [0.1, 0.15) is 0 Å². The zero-order valence-electron chi connectivity index (χ0n) is 16.6. The van der Waals surface area contributed by atoms with Crippen molar-refractivity contribution in [2.45, 2.75) is 6.54 Å². The number of non-ortho nitro benzene ring substituents is 1. The van der Waals surface area contributed by atoms with E-state index < -0.39 is 4.92 Å². The fraction of sp³-hybridized carbons (Fsp3) is 0.130. The number of nitro benzene ring substituents is 1. The van der Waals surface area contributed by atoms with E-state index in [0.717, 1.165) is 11.3 Å². The molecule has 0 amide bonds. The highest BCUT2D eigenvalue weighted by Gasteiger charge is 2.16. The van der Waals surface area contributed by atoms with E-state index in [-0.39, 0.29) is 18.0 Å². The summed E-state index contributed by atoms with van der Waals surface area (Å²) >= 11 is 0. The van der Waals surface area contributed by atoms with Crippen LogP contribution in [0.3, 0.4) is 0 Å². The van der Waals surface area contributed by atoms with Gasteiger partial charge in [0.2, 0.25) is 18.0 Å². The molecular formula is C23H21N2O5+. The van der Waals surface area contributed by atoms with Crippen molar-refractivity contribution in [1.29, 1.82) is 0 Å². The predicted octanol–water partition coefficient (Wildman–Crippen LogP) is 3.95. The second-order valence-corrected chi connectivity index (χ2v) is 6.43. The number of Topliss-reactive ketones (excluding diaryl/α,β-unsaturated/α-hetero) is 1. The molecule has 0 spiro atoms. The number of nitrogens with zero attached hydrogens (tertiary/aromatic N) is 2. The fourth-order valence-corrected chi connectivity index (χ4v) is 2.94. The average molecular weight is 405 g/mol. The Hall–Kier alpha value is -4.00. The molecule has 0 aliphatic carbocycles. The van der Waals surface area contributed by atoms with Gasteiger partial charge in [0.25, 0.3) is 5.69 Å². The maximum atomic E-state index is 12.6. The van der Waals surface area contributed by atoms with Gasteiger partial charge in [-0.05, 0) is 42.0 Å². The molecule has 0 atom stereocenters. The molecule has 0 bridgehead atoms. The third-order valence-electron chi connectivity index (χ3n) is 4.54. The first-order valence-corrected chi connectivity index (χ1v) is 9.18. The number of hydrogen-bond acceptors (Lipinski definition) is 5. The van der Waals surface area contributed by atoms with Crippen LogP contribution in [0.15, 0.2) is 66.9 Å². The van der Waals surface area contributed by atoms with Crippen LogP contribution in [-0.2, 0) is 6.54 Å². The zero-order chi connectivity index (χ0) is 21.5. The summed E-state index contributed by atoms with van der Waals surface area (Å²) in [7, 11) is 3.17. The summed E-state index contributed by atoms with van der Waals surface area (Å²) in [5.41, 5.74) is 2.14. The van der Waals surface area contributed by atoms with Gasteiger partial charge >= 0.3 is 0 Å². The molecule has 7 heteroatoms. The van der Waals surface area contributed by atoms with Crippen LogP contribution in [0.25, 0.3) is 12.2 Å². The number of ketones is 1. The third-order valence-corrected chi connectivity index (χ3v) is 4.54. The van der Waals surface area contributed by atoms with Crippen molar-refractivity contribution in [3.63, 3.8) is 0 Å². The van der Waals surface area contributed by atoms with Crippen LogP contribution in [0.5, 0.6) is 11.5 Å². The number of ether oxygens (including phenoxy) is 2. The molecule has 0 radical (unpaired) electrons. The first-order valence-electron chi connectivity index (χ1n) is 9.18. The minimum absolute atomic E-state index is 0.0440. The molecule has 30 heavy (non-hydrogen) atoms. The quantitative estimate of drug-likeness (QED) is 0.245. The summed E-state index contributed by atoms with van der Waals surface area (Å²) in [5, 5.41) is 10.8. The fourth-order valence-electron chi connectivity index (χ4n) is 2.94. The first-order chi connectivity index (χ1) is 14.5. The van der Waals surface area contributed by atoms with Gasteiger partial charge in [-0.15, -0.1) is 0 Å². The highest BCUT2D eigenvalue weighted by Crippen LogP contribution is 2.28. The molecule has 0 aliphatic heterocycles. The number of carbonyl (C=O) groups excluding carboxylic acids is 1. The Labute approximate surface area is 174 Å². The van der Waals surface area contributed by atoms with Crippen molar-refractivity contribution in [2.24, 2.45) is 0 Å². The van der Waals surface area contributed by atoms with Gasteiger partial charge in [0, 0.05) is 35.9 Å². The number of rotatable bonds is 8. The van der Waals surface area contributed by atoms with Crippen molar-refractivity contribution in [2.75, 3.05) is 14.2 Å². The SMILES string of the molecule is COc1ccc(/C=C/c2cccc[n+]2CC(=O)c2ccc([N+](=O)[O-])cc2)cc1OC. The van der Waals surface area contributed by atoms with Crippen molar-refractivity contribution in [3.8, 4) is 11.5 Å². The zero-order valence-corrected chi connectivity index (χ0v) is 16.6. The molecule has 0 unspecified atom stereocenters. The standard InChI is InChI=1S/C23H21N2O5/c1-29-22-13-7-17(15-23(22)30-2)6-10-19-5-3-4-14-24(19)16-21(26)18-8-11-20(12-9-18)25(27)28/h3-15H,16H2,1-2H3/q+1/b10-6+. The van der Waals surface area contributed by atoms with Gasteiger partial charge in [-0.2, -0.15) is 4.57 Å². The molecule has 152 valence electrons. The molecule has 3 rings (SSSR count). The van der Waals surface area contributed by atoms with E-state index in [1.54, 1.807) is 14.2 Å². The normalized spacial score (nSPS) is 10.7. The smallest absolute Gasteiger partial charge is 0.269 e. The highest BCUT2D eigenvalue weighted by atomic mass is 16.6. The molecular weight excluding hydrogens is 384 g/mol. The van der Waals surface area contributed by atoms with Gasteiger partial charge in [-0.25, -0.2) is 0 Å². The number of carbonyl (C=O) groups is 1. The lowest BCUT2D eigenvalue weighted by Crippen LogP contribution is -2.40. The number of hydrogen-bond donors (Lipinski definition) is 0. The maximum absolute atomic E-state index is 12.6. The van der Waals surface area contributed by atoms with Gasteiger partial charge in [-0.1, -0.05) is 6.07 Å². The molecule has 1 aromatic heterocycles. The van der Waals surface area contributed by atoms with Crippen molar-refractivity contribution in [3.05, 3.63) is 93.8 Å². The Morgan fingerprint density at radius 3 is 2.40 bits per heavy atom. The molecule has 0 saturated carbocycles. The number of aromatic nitrogens is 1. The lowest BCUT2D eigenvalue weighted by molar-refractivity contribution is -0.684. The van der Waals surface area contributed by atoms with E-state index in [4.69, 9.17) is 9.47 Å². The lowest BCUT2D eigenvalue weighted by atomic mass is 10.1. The minimum Gasteiger partial charge on any atom is -0.493 e. The summed E-state index contributed by atoms with van der Waals surface area (Å²) in [4.78, 5) is 22.9. The molecule has 0 N–H and O–H groups in total. The monoisotopic (exact) mass is 405 g/mol. The van der Waals surface area contributed by atoms with Crippen molar-refractivity contribution < 1.29 is 23.8 Å². The van der Waals surface area contributed by atoms with Crippen LogP contribution in [0.2, 0.25) is 0 Å². The highest BCUT2D eigenvalue weighted by molar-refractivity contribution is 5.95. The van der Waals surface area contributed by atoms with E-state index in [2.05, 4.69) is 0 Å². The van der Waals surface area contributed by atoms with Crippen molar-refractivity contribution >= 4 is 23.6 Å². The molecule has 0 fully saturated rings.